The van der Waals surface area contributed by atoms with Gasteiger partial charge in [-0.1, -0.05) is 0 Å². The molecule has 0 heterocycles. The molecular weight excluding hydrogens is 403 g/mol. The molecule has 2 rings (SSSR count). The molecule has 0 saturated carbocycles. The molecule has 0 aromatic heterocycles. The van der Waals surface area contributed by atoms with Crippen molar-refractivity contribution in [2.75, 3.05) is 27.1 Å². The van der Waals surface area contributed by atoms with E-state index < -0.39 is 5.97 Å². The van der Waals surface area contributed by atoms with E-state index in [-0.39, 0.29) is 46.2 Å². The Labute approximate surface area is 157 Å². The first-order chi connectivity index (χ1) is 12.7. The summed E-state index contributed by atoms with van der Waals surface area (Å²) in [5, 5.41) is 12.2. The minimum absolute atomic E-state index is 0.0643. The summed E-state index contributed by atoms with van der Waals surface area (Å²) < 4.78 is 17.1. The van der Waals surface area contributed by atoms with Gasteiger partial charge in [0, 0.05) is 0 Å². The number of methoxy groups -OCH3 is 1. The number of carboxylic acid groups (broad SMARTS) is 1. The van der Waals surface area contributed by atoms with Crippen LogP contribution in [0.3, 0.4) is 0 Å². The zero-order valence-electron chi connectivity index (χ0n) is 14.3. The predicted octanol–water partition coefficient (Wildman–Crippen LogP) is 0.378. The Morgan fingerprint density at radius 1 is 1.23 bits per heavy atom. The molecule has 0 aliphatic heterocycles. The van der Waals surface area contributed by atoms with Gasteiger partial charge in [-0.3, -0.25) is 0 Å². The summed E-state index contributed by atoms with van der Waals surface area (Å²) in [6.45, 7) is 0.416. The maximum absolute atomic E-state index is 11.8. The standard InChI is InChI=1S/C18H20N2O5Se/c1-23-12-25-16-10-14(24-8-7-20-19)9-13(17(16)18(21)22)11-26-15-5-3-2-4-6-15/h2-6,9-10,20H,7-8,11-12H2,1H3,(H,21,22). The number of aromatic carboxylic acids is 1. The van der Waals surface area contributed by atoms with Crippen LogP contribution in [-0.2, 0) is 10.1 Å². The van der Waals surface area contributed by atoms with E-state index in [4.69, 9.17) is 19.7 Å². The Kier molecular flexibility index (Phi) is 8.08. The van der Waals surface area contributed by atoms with Crippen LogP contribution in [0, 0.1) is 0 Å². The summed E-state index contributed by atoms with van der Waals surface area (Å²) in [4.78, 5) is 11.8. The first-order valence-electron chi connectivity index (χ1n) is 7.85. The average molecular weight is 423 g/mol. The van der Waals surface area contributed by atoms with Crippen LogP contribution in [0.2, 0.25) is 0 Å². The van der Waals surface area contributed by atoms with Crippen LogP contribution >= 0.6 is 0 Å². The van der Waals surface area contributed by atoms with Gasteiger partial charge < -0.3 is 0 Å². The quantitative estimate of drug-likeness (QED) is 0.236. The van der Waals surface area contributed by atoms with Crippen LogP contribution in [0.5, 0.6) is 11.5 Å². The van der Waals surface area contributed by atoms with Crippen molar-refractivity contribution in [3.8, 4) is 11.5 Å². The summed E-state index contributed by atoms with van der Waals surface area (Å²) in [6.07, 6.45) is 0. The number of carbonyl (C=O) groups is 1. The number of nitrogens with zero attached hydrogens (tertiary/aromatic N) is 1. The monoisotopic (exact) mass is 424 g/mol. The second-order valence-corrected chi connectivity index (χ2v) is 7.37. The maximum atomic E-state index is 11.8. The molecule has 0 spiro atoms. The molecule has 0 unspecified atom stereocenters. The van der Waals surface area contributed by atoms with Crippen molar-refractivity contribution in [3.63, 3.8) is 0 Å². The summed E-state index contributed by atoms with van der Waals surface area (Å²) >= 11 is 0.0647. The molecule has 0 fully saturated rings. The molecular formula is C18H20N2O5Se. The molecule has 0 aliphatic carbocycles. The number of benzene rings is 2. The van der Waals surface area contributed by atoms with Crippen molar-refractivity contribution in [1.29, 1.82) is 0 Å². The van der Waals surface area contributed by atoms with Gasteiger partial charge >= 0.3 is 158 Å². The van der Waals surface area contributed by atoms with Crippen molar-refractivity contribution in [3.05, 3.63) is 59.1 Å². The zero-order valence-corrected chi connectivity index (χ0v) is 16.0. The van der Waals surface area contributed by atoms with Crippen LogP contribution in [0.4, 0.5) is 0 Å². The number of ether oxygens (including phenoxy) is 3. The molecule has 7 nitrogen and oxygen atoms in total. The molecule has 2 N–H and O–H groups in total. The normalized spacial score (nSPS) is 10.3. The number of hydrogen-bond acceptors (Lipinski definition) is 4. The fraction of sp³-hybridized carbons (Fsp3) is 0.278. The molecule has 0 bridgehead atoms. The van der Waals surface area contributed by atoms with Gasteiger partial charge in [0.1, 0.15) is 0 Å². The van der Waals surface area contributed by atoms with Gasteiger partial charge in [-0.25, -0.2) is 0 Å². The van der Waals surface area contributed by atoms with Gasteiger partial charge in [0.25, 0.3) is 0 Å². The average Bonchev–Trinajstić information content (AvgIpc) is 2.65. The van der Waals surface area contributed by atoms with Gasteiger partial charge in [0.15, 0.2) is 0 Å². The van der Waals surface area contributed by atoms with E-state index in [9.17, 15) is 9.90 Å². The minimum atomic E-state index is -1.06. The van der Waals surface area contributed by atoms with Crippen LogP contribution < -0.4 is 19.0 Å². The molecule has 2 aromatic carbocycles. The zero-order chi connectivity index (χ0) is 18.8. The van der Waals surface area contributed by atoms with E-state index in [0.29, 0.717) is 16.6 Å². The number of nitrogens with one attached hydrogen (secondary N) is 1. The molecule has 8 heteroatoms. The Morgan fingerprint density at radius 2 is 2.00 bits per heavy atom. The molecule has 0 amide bonds. The molecule has 0 aliphatic rings. The van der Waals surface area contributed by atoms with E-state index >= 15 is 0 Å². The van der Waals surface area contributed by atoms with E-state index in [1.807, 2.05) is 35.4 Å². The van der Waals surface area contributed by atoms with Gasteiger partial charge in [-0.05, 0) is 0 Å². The third-order valence-corrected chi connectivity index (χ3v) is 5.55. The Balaban J connectivity index is 2.31. The Hall–Kier alpha value is -2.41. The molecule has 2 aromatic rings. The predicted molar refractivity (Wildman–Crippen MR) is 96.1 cm³/mol. The molecule has 0 radical (unpaired) electrons. The first kappa shape index (κ1) is 19.9. The molecule has 0 saturated heterocycles. The van der Waals surface area contributed by atoms with Crippen molar-refractivity contribution < 1.29 is 29.2 Å². The second-order valence-electron chi connectivity index (χ2n) is 5.17. The molecule has 0 atom stereocenters. The van der Waals surface area contributed by atoms with Crippen LogP contribution in [0.1, 0.15) is 15.9 Å². The first-order valence-corrected chi connectivity index (χ1v) is 9.92. The third kappa shape index (κ3) is 5.84. The van der Waals surface area contributed by atoms with Crippen molar-refractivity contribution >= 4 is 25.4 Å². The van der Waals surface area contributed by atoms with Crippen molar-refractivity contribution in [2.45, 2.75) is 5.32 Å². The fourth-order valence-electron chi connectivity index (χ4n) is 2.21. The second kappa shape index (κ2) is 10.6. The van der Waals surface area contributed by atoms with Crippen LogP contribution in [0.25, 0.3) is 5.53 Å². The third-order valence-electron chi connectivity index (χ3n) is 3.32. The summed E-state index contributed by atoms with van der Waals surface area (Å²) in [5.74, 6) is -0.374. The summed E-state index contributed by atoms with van der Waals surface area (Å²) in [6, 6.07) is 13.2. The SMILES string of the molecule is COCOc1cc(OCC[NH+]=[N-])cc(C[Se]c2ccccc2)c1C(=O)O. The van der Waals surface area contributed by atoms with E-state index in [1.54, 1.807) is 6.07 Å². The van der Waals surface area contributed by atoms with Crippen LogP contribution in [-0.4, -0.2) is 53.1 Å². The Morgan fingerprint density at radius 3 is 2.65 bits per heavy atom. The summed E-state index contributed by atoms with van der Waals surface area (Å²) in [5.41, 5.74) is 9.41. The summed E-state index contributed by atoms with van der Waals surface area (Å²) in [7, 11) is 1.47. The van der Waals surface area contributed by atoms with E-state index in [1.165, 1.54) is 17.6 Å². The topological polar surface area (TPSA) is 101 Å². The molecule has 26 heavy (non-hydrogen) atoms. The van der Waals surface area contributed by atoms with Crippen LogP contribution in [0.15, 0.2) is 42.5 Å². The van der Waals surface area contributed by atoms with Gasteiger partial charge in [-0.15, -0.1) is 0 Å². The number of carboxylic acids is 1. The molecule has 138 valence electrons. The number of hydrogen-bond donors (Lipinski definition) is 2. The van der Waals surface area contributed by atoms with Gasteiger partial charge in [0.05, 0.1) is 0 Å². The number of rotatable bonds is 11. The fourth-order valence-corrected chi connectivity index (χ4v) is 4.10. The van der Waals surface area contributed by atoms with E-state index in [2.05, 4.69) is 0 Å². The van der Waals surface area contributed by atoms with Crippen molar-refractivity contribution in [1.82, 2.24) is 0 Å². The Bertz CT molecular complexity index is 740. The van der Waals surface area contributed by atoms with Gasteiger partial charge in [-0.2, -0.15) is 0 Å². The van der Waals surface area contributed by atoms with Gasteiger partial charge in [0.2, 0.25) is 0 Å². The van der Waals surface area contributed by atoms with Crippen molar-refractivity contribution in [2.24, 2.45) is 0 Å². The van der Waals surface area contributed by atoms with E-state index in [0.717, 1.165) is 0 Å².